The third-order valence-corrected chi connectivity index (χ3v) is 2.89. The van der Waals surface area contributed by atoms with Gasteiger partial charge in [-0.3, -0.25) is 4.79 Å². The summed E-state index contributed by atoms with van der Waals surface area (Å²) in [7, 11) is 0. The summed E-state index contributed by atoms with van der Waals surface area (Å²) < 4.78 is 5.11. The predicted molar refractivity (Wildman–Crippen MR) is 47.7 cm³/mol. The third kappa shape index (κ3) is 1.79. The van der Waals surface area contributed by atoms with Crippen molar-refractivity contribution in [3.63, 3.8) is 0 Å². The Bertz CT molecular complexity index is 175. The van der Waals surface area contributed by atoms with Gasteiger partial charge in [-0.1, -0.05) is 20.8 Å². The average Bonchev–Trinajstić information content (AvgIpc) is 2.28. The fourth-order valence-corrected chi connectivity index (χ4v) is 1.68. The van der Waals surface area contributed by atoms with E-state index in [0.29, 0.717) is 11.8 Å². The summed E-state index contributed by atoms with van der Waals surface area (Å²) >= 11 is 0. The van der Waals surface area contributed by atoms with Crippen molar-refractivity contribution in [3.8, 4) is 0 Å². The molecular formula is C10H18O2. The van der Waals surface area contributed by atoms with E-state index in [-0.39, 0.29) is 18.0 Å². The quantitative estimate of drug-likeness (QED) is 0.594. The lowest BCUT2D eigenvalue weighted by atomic mass is 9.83. The molecule has 1 aliphatic rings. The zero-order chi connectivity index (χ0) is 9.30. The SMILES string of the molecule is CC1CC(C(C)C(C)C)C(=O)O1. The van der Waals surface area contributed by atoms with Crippen molar-refractivity contribution >= 4 is 5.97 Å². The zero-order valence-corrected chi connectivity index (χ0v) is 8.33. The van der Waals surface area contributed by atoms with E-state index in [2.05, 4.69) is 20.8 Å². The van der Waals surface area contributed by atoms with Gasteiger partial charge in [0.2, 0.25) is 0 Å². The first-order valence-corrected chi connectivity index (χ1v) is 4.73. The highest BCUT2D eigenvalue weighted by atomic mass is 16.5. The standard InChI is InChI=1S/C10H18O2/c1-6(2)8(4)9-5-7(3)12-10(9)11/h6-9H,5H2,1-4H3. The molecule has 0 radical (unpaired) electrons. The van der Waals surface area contributed by atoms with Crippen LogP contribution in [0.2, 0.25) is 0 Å². The van der Waals surface area contributed by atoms with E-state index in [1.807, 2.05) is 6.92 Å². The largest absolute Gasteiger partial charge is 0.462 e. The summed E-state index contributed by atoms with van der Waals surface area (Å²) in [6.07, 6.45) is 1.03. The molecular weight excluding hydrogens is 152 g/mol. The minimum absolute atomic E-state index is 0.00343. The lowest BCUT2D eigenvalue weighted by Crippen LogP contribution is -2.21. The molecule has 0 spiro atoms. The average molecular weight is 170 g/mol. The van der Waals surface area contributed by atoms with Crippen LogP contribution in [-0.2, 0) is 9.53 Å². The molecule has 2 nitrogen and oxygen atoms in total. The zero-order valence-electron chi connectivity index (χ0n) is 8.33. The first kappa shape index (κ1) is 9.56. The Kier molecular flexibility index (Phi) is 2.76. The highest BCUT2D eigenvalue weighted by Gasteiger charge is 2.36. The van der Waals surface area contributed by atoms with Crippen LogP contribution in [0.15, 0.2) is 0 Å². The van der Waals surface area contributed by atoms with Gasteiger partial charge in [-0.15, -0.1) is 0 Å². The molecule has 0 bridgehead atoms. The fraction of sp³-hybridized carbons (Fsp3) is 0.900. The van der Waals surface area contributed by atoms with Crippen molar-refractivity contribution < 1.29 is 9.53 Å². The van der Waals surface area contributed by atoms with Crippen LogP contribution in [0.3, 0.4) is 0 Å². The number of carbonyl (C=O) groups excluding carboxylic acids is 1. The summed E-state index contributed by atoms with van der Waals surface area (Å²) in [6, 6.07) is 0. The number of esters is 1. The maximum absolute atomic E-state index is 11.3. The Morgan fingerprint density at radius 3 is 2.33 bits per heavy atom. The van der Waals surface area contributed by atoms with Crippen LogP contribution in [0.1, 0.15) is 34.1 Å². The third-order valence-electron chi connectivity index (χ3n) is 2.89. The molecule has 0 N–H and O–H groups in total. The van der Waals surface area contributed by atoms with Crippen molar-refractivity contribution in [3.05, 3.63) is 0 Å². The van der Waals surface area contributed by atoms with Crippen molar-refractivity contribution in [2.45, 2.75) is 40.2 Å². The maximum atomic E-state index is 11.3. The Labute approximate surface area is 74.3 Å². The molecule has 12 heavy (non-hydrogen) atoms. The van der Waals surface area contributed by atoms with Crippen molar-refractivity contribution in [1.29, 1.82) is 0 Å². The molecule has 0 aromatic carbocycles. The number of carbonyl (C=O) groups is 1. The highest BCUT2D eigenvalue weighted by Crippen LogP contribution is 2.31. The van der Waals surface area contributed by atoms with Crippen LogP contribution >= 0.6 is 0 Å². The summed E-state index contributed by atoms with van der Waals surface area (Å²) in [6.45, 7) is 8.40. The summed E-state index contributed by atoms with van der Waals surface area (Å²) in [5, 5.41) is 0. The number of hydrogen-bond donors (Lipinski definition) is 0. The van der Waals surface area contributed by atoms with Gasteiger partial charge in [0, 0.05) is 0 Å². The normalized spacial score (nSPS) is 32.2. The first-order valence-electron chi connectivity index (χ1n) is 4.73. The maximum Gasteiger partial charge on any atom is 0.309 e. The van der Waals surface area contributed by atoms with Gasteiger partial charge in [-0.05, 0) is 25.2 Å². The topological polar surface area (TPSA) is 26.3 Å². The van der Waals surface area contributed by atoms with Crippen molar-refractivity contribution in [2.75, 3.05) is 0 Å². The fourth-order valence-electron chi connectivity index (χ4n) is 1.68. The second kappa shape index (κ2) is 3.46. The van der Waals surface area contributed by atoms with E-state index in [1.54, 1.807) is 0 Å². The molecule has 1 fully saturated rings. The lowest BCUT2D eigenvalue weighted by molar-refractivity contribution is -0.145. The Morgan fingerprint density at radius 1 is 1.42 bits per heavy atom. The molecule has 70 valence electrons. The van der Waals surface area contributed by atoms with Gasteiger partial charge >= 0.3 is 5.97 Å². The molecule has 0 aliphatic carbocycles. The van der Waals surface area contributed by atoms with E-state index < -0.39 is 0 Å². The molecule has 3 unspecified atom stereocenters. The van der Waals surface area contributed by atoms with E-state index in [9.17, 15) is 4.79 Å². The van der Waals surface area contributed by atoms with Crippen LogP contribution in [-0.4, -0.2) is 12.1 Å². The molecule has 1 aliphatic heterocycles. The second-order valence-electron chi connectivity index (χ2n) is 4.19. The molecule has 1 heterocycles. The van der Waals surface area contributed by atoms with E-state index >= 15 is 0 Å². The first-order chi connectivity index (χ1) is 5.52. The van der Waals surface area contributed by atoms with Crippen LogP contribution in [0, 0.1) is 17.8 Å². The van der Waals surface area contributed by atoms with Crippen LogP contribution in [0.4, 0.5) is 0 Å². The molecule has 1 saturated heterocycles. The summed E-state index contributed by atoms with van der Waals surface area (Å²) in [5.74, 6) is 1.15. The molecule has 0 amide bonds. The monoisotopic (exact) mass is 170 g/mol. The van der Waals surface area contributed by atoms with Crippen LogP contribution in [0.25, 0.3) is 0 Å². The minimum Gasteiger partial charge on any atom is -0.462 e. The van der Waals surface area contributed by atoms with Crippen molar-refractivity contribution in [2.24, 2.45) is 17.8 Å². The van der Waals surface area contributed by atoms with E-state index in [0.717, 1.165) is 6.42 Å². The highest BCUT2D eigenvalue weighted by molar-refractivity contribution is 5.74. The smallest absolute Gasteiger partial charge is 0.309 e. The van der Waals surface area contributed by atoms with Gasteiger partial charge in [-0.25, -0.2) is 0 Å². The van der Waals surface area contributed by atoms with Crippen LogP contribution < -0.4 is 0 Å². The van der Waals surface area contributed by atoms with E-state index in [4.69, 9.17) is 4.74 Å². The predicted octanol–water partition coefficient (Wildman–Crippen LogP) is 2.23. The second-order valence-corrected chi connectivity index (χ2v) is 4.19. The number of ether oxygens (including phenoxy) is 1. The van der Waals surface area contributed by atoms with Crippen LogP contribution in [0.5, 0.6) is 0 Å². The molecule has 1 rings (SSSR count). The number of cyclic esters (lactones) is 1. The van der Waals surface area contributed by atoms with Gasteiger partial charge in [0.05, 0.1) is 12.0 Å². The van der Waals surface area contributed by atoms with Gasteiger partial charge in [0.15, 0.2) is 0 Å². The van der Waals surface area contributed by atoms with Gasteiger partial charge in [-0.2, -0.15) is 0 Å². The van der Waals surface area contributed by atoms with Gasteiger partial charge < -0.3 is 4.74 Å². The van der Waals surface area contributed by atoms with Crippen molar-refractivity contribution in [1.82, 2.24) is 0 Å². The molecule has 0 saturated carbocycles. The van der Waals surface area contributed by atoms with Gasteiger partial charge in [0.25, 0.3) is 0 Å². The molecule has 0 aromatic rings. The van der Waals surface area contributed by atoms with E-state index in [1.165, 1.54) is 0 Å². The molecule has 2 heteroatoms. The lowest BCUT2D eigenvalue weighted by Gasteiger charge is -2.19. The van der Waals surface area contributed by atoms with Gasteiger partial charge in [0.1, 0.15) is 0 Å². The summed E-state index contributed by atoms with van der Waals surface area (Å²) in [5.41, 5.74) is 0. The number of hydrogen-bond acceptors (Lipinski definition) is 2. The Morgan fingerprint density at radius 2 is 2.00 bits per heavy atom. The molecule has 3 atom stereocenters. The molecule has 0 aromatic heterocycles. The summed E-state index contributed by atoms with van der Waals surface area (Å²) in [4.78, 5) is 11.3. The Hall–Kier alpha value is -0.530. The Balaban J connectivity index is 2.58. The number of rotatable bonds is 2. The minimum atomic E-state index is 0.00343.